The fourth-order valence-corrected chi connectivity index (χ4v) is 0.906. The van der Waals surface area contributed by atoms with E-state index in [9.17, 15) is 4.79 Å². The van der Waals surface area contributed by atoms with Gasteiger partial charge in [0, 0.05) is 12.3 Å². The maximum absolute atomic E-state index is 11.2. The normalized spacial score (nSPS) is 11.3. The first-order valence-corrected chi connectivity index (χ1v) is 5.26. The van der Waals surface area contributed by atoms with Crippen molar-refractivity contribution in [3.8, 4) is 0 Å². The standard InChI is InChI=1S/C11H22O3/c1-9(2)11(12)5-6-13-7-8-14-10(3)4/h9-10H,5-8H2,1-4H3. The largest absolute Gasteiger partial charge is 0.379 e. The molecule has 3 heteroatoms. The van der Waals surface area contributed by atoms with Crippen molar-refractivity contribution >= 4 is 5.78 Å². The molecule has 0 unspecified atom stereocenters. The highest BCUT2D eigenvalue weighted by Gasteiger charge is 2.05. The Hall–Kier alpha value is -0.410. The zero-order chi connectivity index (χ0) is 11.0. The van der Waals surface area contributed by atoms with E-state index in [1.54, 1.807) is 0 Å². The van der Waals surface area contributed by atoms with E-state index in [1.165, 1.54) is 0 Å². The minimum absolute atomic E-state index is 0.116. The molecule has 0 aromatic rings. The summed E-state index contributed by atoms with van der Waals surface area (Å²) in [6, 6.07) is 0. The Kier molecular flexibility index (Phi) is 7.71. The van der Waals surface area contributed by atoms with Crippen LogP contribution >= 0.6 is 0 Å². The second kappa shape index (κ2) is 7.94. The van der Waals surface area contributed by atoms with Gasteiger partial charge >= 0.3 is 0 Å². The number of carbonyl (C=O) groups is 1. The Morgan fingerprint density at radius 2 is 1.71 bits per heavy atom. The summed E-state index contributed by atoms with van der Waals surface area (Å²) in [7, 11) is 0. The molecule has 0 heterocycles. The zero-order valence-electron chi connectivity index (χ0n) is 9.71. The Balaban J connectivity index is 3.18. The lowest BCUT2D eigenvalue weighted by Gasteiger charge is -2.08. The first-order chi connectivity index (χ1) is 6.54. The molecule has 0 saturated heterocycles. The molecule has 0 rings (SSSR count). The Morgan fingerprint density at radius 3 is 2.21 bits per heavy atom. The van der Waals surface area contributed by atoms with Gasteiger partial charge in [-0.3, -0.25) is 4.79 Å². The van der Waals surface area contributed by atoms with Crippen molar-refractivity contribution in [3.63, 3.8) is 0 Å². The number of carbonyl (C=O) groups excluding carboxylic acids is 1. The number of hydrogen-bond donors (Lipinski definition) is 0. The first kappa shape index (κ1) is 13.6. The van der Waals surface area contributed by atoms with Gasteiger partial charge in [0.05, 0.1) is 25.9 Å². The fourth-order valence-electron chi connectivity index (χ4n) is 0.906. The summed E-state index contributed by atoms with van der Waals surface area (Å²) >= 11 is 0. The van der Waals surface area contributed by atoms with Gasteiger partial charge in [-0.1, -0.05) is 13.8 Å². The number of rotatable bonds is 8. The van der Waals surface area contributed by atoms with Crippen LogP contribution in [0.25, 0.3) is 0 Å². The zero-order valence-corrected chi connectivity index (χ0v) is 9.71. The third kappa shape index (κ3) is 8.20. The van der Waals surface area contributed by atoms with Crippen molar-refractivity contribution in [2.45, 2.75) is 40.2 Å². The molecule has 0 atom stereocenters. The highest BCUT2D eigenvalue weighted by molar-refractivity contribution is 5.80. The molecule has 0 bridgehead atoms. The quantitative estimate of drug-likeness (QED) is 0.565. The minimum Gasteiger partial charge on any atom is -0.379 e. The third-order valence-electron chi connectivity index (χ3n) is 1.82. The van der Waals surface area contributed by atoms with Crippen LogP contribution in [0.1, 0.15) is 34.1 Å². The smallest absolute Gasteiger partial charge is 0.137 e. The van der Waals surface area contributed by atoms with Gasteiger partial charge in [-0.15, -0.1) is 0 Å². The summed E-state index contributed by atoms with van der Waals surface area (Å²) in [6.45, 7) is 9.48. The van der Waals surface area contributed by atoms with Crippen molar-refractivity contribution in [3.05, 3.63) is 0 Å². The molecule has 0 aromatic carbocycles. The Bertz CT molecular complexity index is 153. The topological polar surface area (TPSA) is 35.5 Å². The SMILES string of the molecule is CC(C)OCCOCCC(=O)C(C)C. The van der Waals surface area contributed by atoms with Crippen LogP contribution in [0, 0.1) is 5.92 Å². The molecule has 0 saturated carbocycles. The molecular weight excluding hydrogens is 180 g/mol. The summed E-state index contributed by atoms with van der Waals surface area (Å²) in [6.07, 6.45) is 0.759. The van der Waals surface area contributed by atoms with Crippen molar-refractivity contribution in [1.29, 1.82) is 0 Å². The van der Waals surface area contributed by atoms with E-state index in [-0.39, 0.29) is 17.8 Å². The molecule has 3 nitrogen and oxygen atoms in total. The maximum Gasteiger partial charge on any atom is 0.137 e. The van der Waals surface area contributed by atoms with Gasteiger partial charge in [-0.25, -0.2) is 0 Å². The van der Waals surface area contributed by atoms with Gasteiger partial charge in [0.15, 0.2) is 0 Å². The molecule has 0 aliphatic heterocycles. The van der Waals surface area contributed by atoms with E-state index in [2.05, 4.69) is 0 Å². The Labute approximate surface area is 86.8 Å². The van der Waals surface area contributed by atoms with Gasteiger partial charge < -0.3 is 9.47 Å². The molecule has 0 aromatic heterocycles. The lowest BCUT2D eigenvalue weighted by Crippen LogP contribution is -2.13. The van der Waals surface area contributed by atoms with E-state index in [1.807, 2.05) is 27.7 Å². The van der Waals surface area contributed by atoms with Crippen molar-refractivity contribution in [2.75, 3.05) is 19.8 Å². The summed E-state index contributed by atoms with van der Waals surface area (Å²) in [5.41, 5.74) is 0. The summed E-state index contributed by atoms with van der Waals surface area (Å²) in [5.74, 6) is 0.375. The molecule has 84 valence electrons. The van der Waals surface area contributed by atoms with E-state index in [4.69, 9.17) is 9.47 Å². The number of hydrogen-bond acceptors (Lipinski definition) is 3. The predicted octanol–water partition coefficient (Wildman–Crippen LogP) is 2.04. The molecule has 0 spiro atoms. The van der Waals surface area contributed by atoms with Gasteiger partial charge in [0.25, 0.3) is 0 Å². The molecule has 0 aliphatic rings. The Morgan fingerprint density at radius 1 is 1.07 bits per heavy atom. The molecule has 0 amide bonds. The first-order valence-electron chi connectivity index (χ1n) is 5.26. The lowest BCUT2D eigenvalue weighted by atomic mass is 10.1. The third-order valence-corrected chi connectivity index (χ3v) is 1.82. The van der Waals surface area contributed by atoms with Crippen molar-refractivity contribution in [1.82, 2.24) is 0 Å². The maximum atomic E-state index is 11.2. The van der Waals surface area contributed by atoms with Crippen LogP contribution in [0.2, 0.25) is 0 Å². The van der Waals surface area contributed by atoms with Crippen molar-refractivity contribution < 1.29 is 14.3 Å². The molecule has 0 N–H and O–H groups in total. The predicted molar refractivity (Wildman–Crippen MR) is 56.4 cm³/mol. The van der Waals surface area contributed by atoms with Gasteiger partial charge in [0.2, 0.25) is 0 Å². The van der Waals surface area contributed by atoms with Gasteiger partial charge in [-0.05, 0) is 13.8 Å². The number of ketones is 1. The monoisotopic (exact) mass is 202 g/mol. The highest BCUT2D eigenvalue weighted by atomic mass is 16.5. The number of Topliss-reactive ketones (excluding diaryl/α,β-unsaturated/α-hetero) is 1. The van der Waals surface area contributed by atoms with Gasteiger partial charge in [-0.2, -0.15) is 0 Å². The van der Waals surface area contributed by atoms with E-state index in [0.717, 1.165) is 0 Å². The second-order valence-electron chi connectivity index (χ2n) is 3.90. The average molecular weight is 202 g/mol. The molecule has 0 radical (unpaired) electrons. The molecule has 0 aliphatic carbocycles. The molecular formula is C11H22O3. The van der Waals surface area contributed by atoms with Crippen molar-refractivity contribution in [2.24, 2.45) is 5.92 Å². The summed E-state index contributed by atoms with van der Waals surface area (Å²) in [5, 5.41) is 0. The summed E-state index contributed by atoms with van der Waals surface area (Å²) in [4.78, 5) is 11.2. The second-order valence-corrected chi connectivity index (χ2v) is 3.90. The van der Waals surface area contributed by atoms with Crippen LogP contribution in [-0.4, -0.2) is 31.7 Å². The van der Waals surface area contributed by atoms with Gasteiger partial charge in [0.1, 0.15) is 5.78 Å². The van der Waals surface area contributed by atoms with E-state index >= 15 is 0 Å². The number of ether oxygens (including phenoxy) is 2. The van der Waals surface area contributed by atoms with E-state index in [0.29, 0.717) is 26.2 Å². The molecule has 14 heavy (non-hydrogen) atoms. The fraction of sp³-hybridized carbons (Fsp3) is 0.909. The van der Waals surface area contributed by atoms with Crippen LogP contribution in [0.3, 0.4) is 0 Å². The van der Waals surface area contributed by atoms with E-state index < -0.39 is 0 Å². The summed E-state index contributed by atoms with van der Waals surface area (Å²) < 4.78 is 10.5. The van der Waals surface area contributed by atoms with Crippen LogP contribution in [0.5, 0.6) is 0 Å². The lowest BCUT2D eigenvalue weighted by molar-refractivity contribution is -0.123. The molecule has 0 fully saturated rings. The van der Waals surface area contributed by atoms with Crippen LogP contribution in [0.4, 0.5) is 0 Å². The van der Waals surface area contributed by atoms with Crippen LogP contribution < -0.4 is 0 Å². The van der Waals surface area contributed by atoms with Crippen LogP contribution in [-0.2, 0) is 14.3 Å². The average Bonchev–Trinajstić information content (AvgIpc) is 2.09. The minimum atomic E-state index is 0.116. The van der Waals surface area contributed by atoms with Crippen LogP contribution in [0.15, 0.2) is 0 Å². The highest BCUT2D eigenvalue weighted by Crippen LogP contribution is 1.98.